The highest BCUT2D eigenvalue weighted by Crippen LogP contribution is 2.08. The van der Waals surface area contributed by atoms with Gasteiger partial charge in [0.1, 0.15) is 11.9 Å². The summed E-state index contributed by atoms with van der Waals surface area (Å²) in [6.45, 7) is 3.46. The molecule has 1 aromatic rings. The van der Waals surface area contributed by atoms with Gasteiger partial charge in [-0.2, -0.15) is 4.98 Å². The van der Waals surface area contributed by atoms with Gasteiger partial charge in [0.25, 0.3) is 0 Å². The minimum atomic E-state index is -0.299. The number of rotatable bonds is 3. The van der Waals surface area contributed by atoms with Crippen molar-refractivity contribution in [1.82, 2.24) is 15.5 Å². The first kappa shape index (κ1) is 9.98. The van der Waals surface area contributed by atoms with E-state index in [1.807, 2.05) is 0 Å². The predicted octanol–water partition coefficient (Wildman–Crippen LogP) is 0.794. The smallest absolute Gasteiger partial charge is 0.248 e. The molecule has 0 saturated carbocycles. The lowest BCUT2D eigenvalue weighted by Crippen LogP contribution is -2.27. The maximum atomic E-state index is 10.9. The van der Waals surface area contributed by atoms with E-state index in [0.29, 0.717) is 11.7 Å². The Balaban J connectivity index is 2.58. The fraction of sp³-hybridized carbons (Fsp3) is 0.571. The fourth-order valence-electron chi connectivity index (χ4n) is 0.831. The molecule has 1 aromatic heterocycles. The lowest BCUT2D eigenvalue weighted by atomic mass is 10.3. The number of hydrogen-bond acceptors (Lipinski definition) is 4. The number of amides is 1. The van der Waals surface area contributed by atoms with Crippen LogP contribution in [0, 0.1) is 6.92 Å². The van der Waals surface area contributed by atoms with Crippen LogP contribution in [0.5, 0.6) is 0 Å². The number of carbonyl (C=O) groups is 1. The average molecular weight is 204 g/mol. The maximum absolute atomic E-state index is 10.9. The number of nitrogens with one attached hydrogen (secondary N) is 1. The minimum Gasteiger partial charge on any atom is -0.344 e. The monoisotopic (exact) mass is 203 g/mol. The molecule has 1 heterocycles. The quantitative estimate of drug-likeness (QED) is 0.738. The van der Waals surface area contributed by atoms with Crippen molar-refractivity contribution in [2.24, 2.45) is 0 Å². The van der Waals surface area contributed by atoms with Crippen LogP contribution in [0.1, 0.15) is 24.7 Å². The van der Waals surface area contributed by atoms with Gasteiger partial charge in [0.2, 0.25) is 11.8 Å². The number of carbonyl (C=O) groups excluding carboxylic acids is 1. The molecule has 0 bridgehead atoms. The van der Waals surface area contributed by atoms with E-state index in [4.69, 9.17) is 16.1 Å². The van der Waals surface area contributed by atoms with Gasteiger partial charge in [-0.1, -0.05) is 5.16 Å². The number of aryl methyl sites for hydroxylation is 1. The van der Waals surface area contributed by atoms with Crippen LogP contribution in [0.15, 0.2) is 4.52 Å². The lowest BCUT2D eigenvalue weighted by Gasteiger charge is -2.06. The SMILES string of the molecule is Cc1noc(C(C)NC(=O)CCl)n1. The summed E-state index contributed by atoms with van der Waals surface area (Å²) in [6, 6.07) is -0.299. The molecule has 1 unspecified atom stereocenters. The fourth-order valence-corrected chi connectivity index (χ4v) is 0.908. The molecule has 1 amide bonds. The molecule has 0 aliphatic rings. The van der Waals surface area contributed by atoms with Crippen LogP contribution in [0.3, 0.4) is 0 Å². The van der Waals surface area contributed by atoms with Crippen molar-refractivity contribution in [1.29, 1.82) is 0 Å². The zero-order chi connectivity index (χ0) is 9.84. The van der Waals surface area contributed by atoms with Crippen LogP contribution >= 0.6 is 11.6 Å². The van der Waals surface area contributed by atoms with Crippen LogP contribution in [0.2, 0.25) is 0 Å². The highest BCUT2D eigenvalue weighted by Gasteiger charge is 2.14. The van der Waals surface area contributed by atoms with E-state index >= 15 is 0 Å². The Labute approximate surface area is 80.5 Å². The summed E-state index contributed by atoms with van der Waals surface area (Å²) in [7, 11) is 0. The van der Waals surface area contributed by atoms with Crippen molar-refractivity contribution in [2.75, 3.05) is 5.88 Å². The standard InChI is InChI=1S/C7H10ClN3O2/c1-4(9-6(12)3-8)7-10-5(2)11-13-7/h4H,3H2,1-2H3,(H,9,12). The molecular weight excluding hydrogens is 194 g/mol. The third-order valence-electron chi connectivity index (χ3n) is 1.41. The third-order valence-corrected chi connectivity index (χ3v) is 1.66. The average Bonchev–Trinajstić information content (AvgIpc) is 2.51. The molecule has 0 aliphatic carbocycles. The second-order valence-corrected chi connectivity index (χ2v) is 2.87. The molecule has 0 saturated heterocycles. The summed E-state index contributed by atoms with van der Waals surface area (Å²) in [6.07, 6.45) is 0. The summed E-state index contributed by atoms with van der Waals surface area (Å²) in [5.74, 6) is 0.597. The van der Waals surface area contributed by atoms with Crippen molar-refractivity contribution >= 4 is 17.5 Å². The van der Waals surface area contributed by atoms with Crippen molar-refractivity contribution < 1.29 is 9.32 Å². The number of halogens is 1. The van der Waals surface area contributed by atoms with Crippen LogP contribution in [-0.2, 0) is 4.79 Å². The molecule has 72 valence electrons. The minimum absolute atomic E-state index is 0.0720. The largest absolute Gasteiger partial charge is 0.344 e. The van der Waals surface area contributed by atoms with Gasteiger partial charge in [0, 0.05) is 0 Å². The second-order valence-electron chi connectivity index (χ2n) is 2.60. The Kier molecular flexibility index (Phi) is 3.25. The van der Waals surface area contributed by atoms with Crippen molar-refractivity contribution in [3.05, 3.63) is 11.7 Å². The van der Waals surface area contributed by atoms with Gasteiger partial charge in [-0.15, -0.1) is 11.6 Å². The lowest BCUT2D eigenvalue weighted by molar-refractivity contribution is -0.119. The molecule has 0 fully saturated rings. The number of hydrogen-bond donors (Lipinski definition) is 1. The first-order valence-corrected chi connectivity index (χ1v) is 4.32. The number of nitrogens with zero attached hydrogens (tertiary/aromatic N) is 2. The molecule has 1 N–H and O–H groups in total. The number of alkyl halides is 1. The molecule has 0 spiro atoms. The van der Waals surface area contributed by atoms with E-state index in [2.05, 4.69) is 15.5 Å². The highest BCUT2D eigenvalue weighted by atomic mass is 35.5. The van der Waals surface area contributed by atoms with Gasteiger partial charge >= 0.3 is 0 Å². The summed E-state index contributed by atoms with van der Waals surface area (Å²) < 4.78 is 4.85. The van der Waals surface area contributed by atoms with Gasteiger partial charge in [-0.25, -0.2) is 0 Å². The molecule has 6 heteroatoms. The van der Waals surface area contributed by atoms with E-state index in [0.717, 1.165) is 0 Å². The summed E-state index contributed by atoms with van der Waals surface area (Å²) in [5.41, 5.74) is 0. The van der Waals surface area contributed by atoms with Gasteiger partial charge in [-0.05, 0) is 13.8 Å². The molecule has 0 aliphatic heterocycles. The van der Waals surface area contributed by atoms with Crippen molar-refractivity contribution in [2.45, 2.75) is 19.9 Å². The Morgan fingerprint density at radius 1 is 1.77 bits per heavy atom. The van der Waals surface area contributed by atoms with E-state index in [9.17, 15) is 4.79 Å². The molecular formula is C7H10ClN3O2. The number of aromatic nitrogens is 2. The van der Waals surface area contributed by atoms with Crippen molar-refractivity contribution in [3.8, 4) is 0 Å². The summed E-state index contributed by atoms with van der Waals surface area (Å²) in [5, 5.41) is 6.19. The summed E-state index contributed by atoms with van der Waals surface area (Å²) in [4.78, 5) is 14.8. The maximum Gasteiger partial charge on any atom is 0.248 e. The van der Waals surface area contributed by atoms with Gasteiger partial charge < -0.3 is 9.84 Å². The summed E-state index contributed by atoms with van der Waals surface area (Å²) >= 11 is 5.31. The van der Waals surface area contributed by atoms with Crippen LogP contribution in [0.25, 0.3) is 0 Å². The first-order chi connectivity index (χ1) is 6.13. The third kappa shape index (κ3) is 2.69. The highest BCUT2D eigenvalue weighted by molar-refractivity contribution is 6.27. The molecule has 5 nitrogen and oxygen atoms in total. The van der Waals surface area contributed by atoms with Gasteiger partial charge in [0.15, 0.2) is 5.82 Å². The first-order valence-electron chi connectivity index (χ1n) is 3.79. The Morgan fingerprint density at radius 2 is 2.46 bits per heavy atom. The van der Waals surface area contributed by atoms with Crippen LogP contribution in [0.4, 0.5) is 0 Å². The zero-order valence-corrected chi connectivity index (χ0v) is 8.13. The van der Waals surface area contributed by atoms with E-state index < -0.39 is 0 Å². The Bertz CT molecular complexity index is 300. The molecule has 13 heavy (non-hydrogen) atoms. The van der Waals surface area contributed by atoms with Gasteiger partial charge in [-0.3, -0.25) is 4.79 Å². The molecule has 1 atom stereocenters. The Morgan fingerprint density at radius 3 is 2.92 bits per heavy atom. The van der Waals surface area contributed by atoms with E-state index in [-0.39, 0.29) is 17.8 Å². The zero-order valence-electron chi connectivity index (χ0n) is 7.37. The molecule has 1 rings (SSSR count). The van der Waals surface area contributed by atoms with Crippen LogP contribution < -0.4 is 5.32 Å². The molecule has 0 radical (unpaired) electrons. The van der Waals surface area contributed by atoms with Crippen LogP contribution in [-0.4, -0.2) is 21.9 Å². The van der Waals surface area contributed by atoms with E-state index in [1.54, 1.807) is 13.8 Å². The van der Waals surface area contributed by atoms with Crippen molar-refractivity contribution in [3.63, 3.8) is 0 Å². The van der Waals surface area contributed by atoms with E-state index in [1.165, 1.54) is 0 Å². The predicted molar refractivity (Wildman–Crippen MR) is 46.3 cm³/mol. The normalized spacial score (nSPS) is 12.5. The van der Waals surface area contributed by atoms with Gasteiger partial charge in [0.05, 0.1) is 0 Å². The molecule has 0 aromatic carbocycles. The Hall–Kier alpha value is -1.10. The second kappa shape index (κ2) is 4.23. The topological polar surface area (TPSA) is 68.0 Å².